The van der Waals surface area contributed by atoms with Crippen LogP contribution in [0.15, 0.2) is 65.1 Å². The Kier molecular flexibility index (Phi) is 5.77. The molecule has 2 aliphatic rings. The standard InChI is InChI=1S/C28H31NO3/c1-19(15-27(30)28-14-3-20(2)32-28)22-6-8-23(9-7-22)24-16-29(17-24)25-10-12-26(13-11-25)31-18-21-4-5-21/h3,6-14,19,21,24H,4-5,15-18H2,1-2H3/t19-/m1/s1. The fourth-order valence-electron chi connectivity index (χ4n) is 4.33. The van der Waals surface area contributed by atoms with Crippen LogP contribution in [-0.4, -0.2) is 25.5 Å². The summed E-state index contributed by atoms with van der Waals surface area (Å²) in [5, 5.41) is 0. The summed E-state index contributed by atoms with van der Waals surface area (Å²) in [6, 6.07) is 20.9. The molecule has 2 aromatic carbocycles. The number of furan rings is 1. The van der Waals surface area contributed by atoms with Gasteiger partial charge in [-0.15, -0.1) is 0 Å². The molecule has 1 saturated carbocycles. The molecule has 2 heterocycles. The molecule has 32 heavy (non-hydrogen) atoms. The number of nitrogens with zero attached hydrogens (tertiary/aromatic N) is 1. The molecule has 0 amide bonds. The lowest BCUT2D eigenvalue weighted by Crippen LogP contribution is -2.45. The quantitative estimate of drug-likeness (QED) is 0.371. The lowest BCUT2D eigenvalue weighted by atomic mass is 9.88. The molecule has 0 unspecified atom stereocenters. The summed E-state index contributed by atoms with van der Waals surface area (Å²) in [6.07, 6.45) is 3.09. The van der Waals surface area contributed by atoms with E-state index in [9.17, 15) is 4.79 Å². The molecular weight excluding hydrogens is 398 g/mol. The number of carbonyl (C=O) groups is 1. The summed E-state index contributed by atoms with van der Waals surface area (Å²) in [5.41, 5.74) is 3.83. The molecule has 2 fully saturated rings. The maximum Gasteiger partial charge on any atom is 0.198 e. The predicted molar refractivity (Wildman–Crippen MR) is 127 cm³/mol. The highest BCUT2D eigenvalue weighted by molar-refractivity contribution is 5.94. The molecule has 0 spiro atoms. The van der Waals surface area contributed by atoms with E-state index >= 15 is 0 Å². The van der Waals surface area contributed by atoms with Crippen LogP contribution in [0.25, 0.3) is 0 Å². The van der Waals surface area contributed by atoms with E-state index < -0.39 is 0 Å². The largest absolute Gasteiger partial charge is 0.493 e. The SMILES string of the molecule is Cc1ccc(C(=O)C[C@@H](C)c2ccc(C3CN(c4ccc(OCC5CC5)cc4)C3)cc2)o1. The van der Waals surface area contributed by atoms with E-state index in [0.717, 1.165) is 37.1 Å². The van der Waals surface area contributed by atoms with Gasteiger partial charge in [-0.2, -0.15) is 0 Å². The van der Waals surface area contributed by atoms with Gasteiger partial charge in [0.15, 0.2) is 11.5 Å². The van der Waals surface area contributed by atoms with Crippen molar-refractivity contribution in [3.63, 3.8) is 0 Å². The van der Waals surface area contributed by atoms with Crippen molar-refractivity contribution in [2.24, 2.45) is 5.92 Å². The van der Waals surface area contributed by atoms with Gasteiger partial charge in [0.05, 0.1) is 6.61 Å². The summed E-state index contributed by atoms with van der Waals surface area (Å²) in [6.45, 7) is 6.89. The molecule has 1 atom stereocenters. The topological polar surface area (TPSA) is 42.7 Å². The number of ether oxygens (including phenoxy) is 1. The minimum Gasteiger partial charge on any atom is -0.493 e. The second-order valence-corrected chi connectivity index (χ2v) is 9.46. The average molecular weight is 430 g/mol. The van der Waals surface area contributed by atoms with Crippen LogP contribution in [0.4, 0.5) is 5.69 Å². The summed E-state index contributed by atoms with van der Waals surface area (Å²) >= 11 is 0. The number of anilines is 1. The molecule has 1 aliphatic heterocycles. The lowest BCUT2D eigenvalue weighted by Gasteiger charge is -2.41. The van der Waals surface area contributed by atoms with E-state index in [1.165, 1.54) is 29.7 Å². The second kappa shape index (κ2) is 8.85. The van der Waals surface area contributed by atoms with Crippen LogP contribution in [0.1, 0.15) is 65.5 Å². The van der Waals surface area contributed by atoms with E-state index in [0.29, 0.717) is 18.1 Å². The third-order valence-electron chi connectivity index (χ3n) is 6.75. The van der Waals surface area contributed by atoms with Gasteiger partial charge in [0.25, 0.3) is 0 Å². The fraction of sp³-hybridized carbons (Fsp3) is 0.393. The molecule has 1 aromatic heterocycles. The first-order chi connectivity index (χ1) is 15.5. The van der Waals surface area contributed by atoms with Crippen molar-refractivity contribution >= 4 is 11.5 Å². The zero-order valence-electron chi connectivity index (χ0n) is 18.9. The highest BCUT2D eigenvalue weighted by Gasteiger charge is 2.28. The first-order valence-electron chi connectivity index (χ1n) is 11.7. The van der Waals surface area contributed by atoms with Crippen molar-refractivity contribution < 1.29 is 13.9 Å². The minimum atomic E-state index is 0.0632. The first-order valence-corrected chi connectivity index (χ1v) is 11.7. The Labute approximate surface area is 190 Å². The Balaban J connectivity index is 1.12. The Morgan fingerprint density at radius 1 is 1.03 bits per heavy atom. The van der Waals surface area contributed by atoms with Crippen molar-refractivity contribution in [2.45, 2.75) is 44.9 Å². The Bertz CT molecular complexity index is 1060. The van der Waals surface area contributed by atoms with Crippen molar-refractivity contribution in [1.82, 2.24) is 0 Å². The summed E-state index contributed by atoms with van der Waals surface area (Å²) in [4.78, 5) is 14.8. The van der Waals surface area contributed by atoms with Gasteiger partial charge < -0.3 is 14.1 Å². The zero-order chi connectivity index (χ0) is 22.1. The average Bonchev–Trinajstić information content (AvgIpc) is 3.50. The third kappa shape index (κ3) is 4.74. The van der Waals surface area contributed by atoms with Crippen molar-refractivity contribution in [2.75, 3.05) is 24.6 Å². The number of Topliss-reactive ketones (excluding diaryl/α,β-unsaturated/α-hetero) is 1. The van der Waals surface area contributed by atoms with Crippen molar-refractivity contribution in [3.8, 4) is 5.75 Å². The number of hydrogen-bond acceptors (Lipinski definition) is 4. The van der Waals surface area contributed by atoms with Gasteiger partial charge in [-0.1, -0.05) is 31.2 Å². The molecule has 3 aromatic rings. The number of benzene rings is 2. The van der Waals surface area contributed by atoms with Crippen molar-refractivity contribution in [1.29, 1.82) is 0 Å². The molecule has 1 saturated heterocycles. The van der Waals surface area contributed by atoms with Crippen LogP contribution < -0.4 is 9.64 Å². The number of aryl methyl sites for hydroxylation is 1. The van der Waals surface area contributed by atoms with Gasteiger partial charge in [0.2, 0.25) is 0 Å². The van der Waals surface area contributed by atoms with E-state index in [1.54, 1.807) is 6.07 Å². The number of rotatable bonds is 9. The fourth-order valence-corrected chi connectivity index (χ4v) is 4.33. The van der Waals surface area contributed by atoms with Gasteiger partial charge in [0, 0.05) is 31.1 Å². The van der Waals surface area contributed by atoms with E-state index in [-0.39, 0.29) is 11.7 Å². The zero-order valence-corrected chi connectivity index (χ0v) is 18.9. The van der Waals surface area contributed by atoms with Gasteiger partial charge in [-0.3, -0.25) is 4.79 Å². The van der Waals surface area contributed by atoms with Gasteiger partial charge >= 0.3 is 0 Å². The third-order valence-corrected chi connectivity index (χ3v) is 6.75. The van der Waals surface area contributed by atoms with Crippen LogP contribution in [0.3, 0.4) is 0 Å². The summed E-state index contributed by atoms with van der Waals surface area (Å²) in [5.74, 6) is 3.77. The monoisotopic (exact) mass is 429 g/mol. The molecule has 1 aliphatic carbocycles. The van der Waals surface area contributed by atoms with Crippen LogP contribution in [0.2, 0.25) is 0 Å². The number of carbonyl (C=O) groups excluding carboxylic acids is 1. The maximum atomic E-state index is 12.4. The van der Waals surface area contributed by atoms with Crippen LogP contribution in [-0.2, 0) is 0 Å². The maximum absolute atomic E-state index is 12.4. The van der Waals surface area contributed by atoms with Crippen molar-refractivity contribution in [3.05, 3.63) is 83.3 Å². The number of hydrogen-bond donors (Lipinski definition) is 0. The molecule has 0 radical (unpaired) electrons. The smallest absolute Gasteiger partial charge is 0.198 e. The van der Waals surface area contributed by atoms with E-state index in [1.807, 2.05) is 13.0 Å². The molecule has 5 rings (SSSR count). The second-order valence-electron chi connectivity index (χ2n) is 9.46. The van der Waals surface area contributed by atoms with E-state index in [2.05, 4.69) is 60.4 Å². The normalized spacial score (nSPS) is 17.1. The first kappa shape index (κ1) is 20.9. The molecule has 0 bridgehead atoms. The highest BCUT2D eigenvalue weighted by atomic mass is 16.5. The van der Waals surface area contributed by atoms with Crippen LogP contribution >= 0.6 is 0 Å². The Hall–Kier alpha value is -3.01. The molecule has 4 nitrogen and oxygen atoms in total. The molecular formula is C28H31NO3. The summed E-state index contributed by atoms with van der Waals surface area (Å²) in [7, 11) is 0. The van der Waals surface area contributed by atoms with Gasteiger partial charge in [-0.05, 0) is 79.1 Å². The Morgan fingerprint density at radius 2 is 1.75 bits per heavy atom. The predicted octanol–water partition coefficient (Wildman–Crippen LogP) is 6.36. The summed E-state index contributed by atoms with van der Waals surface area (Å²) < 4.78 is 11.3. The van der Waals surface area contributed by atoms with Crippen LogP contribution in [0, 0.1) is 12.8 Å². The Morgan fingerprint density at radius 3 is 2.38 bits per heavy atom. The van der Waals surface area contributed by atoms with Gasteiger partial charge in [0.1, 0.15) is 11.5 Å². The molecule has 4 heteroatoms. The lowest BCUT2D eigenvalue weighted by molar-refractivity contribution is 0.0947. The minimum absolute atomic E-state index is 0.0632. The molecule has 0 N–H and O–H groups in total. The van der Waals surface area contributed by atoms with E-state index in [4.69, 9.17) is 9.15 Å². The molecule has 166 valence electrons. The highest BCUT2D eigenvalue weighted by Crippen LogP contribution is 2.34. The van der Waals surface area contributed by atoms with Gasteiger partial charge in [-0.25, -0.2) is 0 Å². The number of ketones is 1. The van der Waals surface area contributed by atoms with Crippen LogP contribution in [0.5, 0.6) is 5.75 Å².